The van der Waals surface area contributed by atoms with Crippen LogP contribution in [0.5, 0.6) is 11.5 Å². The Balaban J connectivity index is 1.82. The lowest BCUT2D eigenvalue weighted by atomic mass is 10.1. The Morgan fingerprint density at radius 2 is 1.71 bits per heavy atom. The van der Waals surface area contributed by atoms with Gasteiger partial charge in [0.15, 0.2) is 11.5 Å². The first-order valence-electron chi connectivity index (χ1n) is 8.47. The smallest absolute Gasteiger partial charge is 0.360 e. The van der Waals surface area contributed by atoms with Gasteiger partial charge in [0.05, 0.1) is 25.5 Å². The zero-order valence-corrected chi connectivity index (χ0v) is 15.4. The maximum atomic E-state index is 12.6. The molecule has 0 bridgehead atoms. The molecule has 0 aliphatic carbocycles. The van der Waals surface area contributed by atoms with Crippen molar-refractivity contribution in [3.8, 4) is 11.5 Å². The second-order valence-corrected chi connectivity index (χ2v) is 5.83. The quantitative estimate of drug-likeness (QED) is 0.583. The van der Waals surface area contributed by atoms with E-state index in [1.165, 1.54) is 37.4 Å². The summed E-state index contributed by atoms with van der Waals surface area (Å²) in [4.78, 5) is 36.3. The highest BCUT2D eigenvalue weighted by molar-refractivity contribution is 6.38. The molecule has 0 unspecified atom stereocenters. The number of amides is 1. The summed E-state index contributed by atoms with van der Waals surface area (Å²) >= 11 is 0. The summed E-state index contributed by atoms with van der Waals surface area (Å²) in [5.41, 5.74) is 0.940. The Hall–Kier alpha value is -3.68. The molecule has 2 aromatic rings. The molecule has 8 nitrogen and oxygen atoms in total. The molecule has 28 heavy (non-hydrogen) atoms. The van der Waals surface area contributed by atoms with Crippen LogP contribution in [0.25, 0.3) is 0 Å². The van der Waals surface area contributed by atoms with E-state index < -0.39 is 11.9 Å². The maximum absolute atomic E-state index is 12.6. The second-order valence-electron chi connectivity index (χ2n) is 5.83. The average Bonchev–Trinajstić information content (AvgIpc) is 2.74. The number of rotatable bonds is 5. The molecule has 0 spiro atoms. The summed E-state index contributed by atoms with van der Waals surface area (Å²) in [6.45, 7) is 0. The van der Waals surface area contributed by atoms with Crippen LogP contribution < -0.4 is 14.5 Å². The van der Waals surface area contributed by atoms with Gasteiger partial charge in [-0.1, -0.05) is 18.2 Å². The van der Waals surface area contributed by atoms with Crippen molar-refractivity contribution in [2.45, 2.75) is 12.8 Å². The molecular formula is C20H18N2O6. The fourth-order valence-electron chi connectivity index (χ4n) is 2.63. The summed E-state index contributed by atoms with van der Waals surface area (Å²) in [6, 6.07) is 13.1. The van der Waals surface area contributed by atoms with Crippen molar-refractivity contribution in [3.05, 3.63) is 54.1 Å². The number of nitrogens with zero attached hydrogens (tertiary/aromatic N) is 2. The zero-order chi connectivity index (χ0) is 20.1. The molecule has 0 N–H and O–H groups in total. The molecule has 0 saturated carbocycles. The highest BCUT2D eigenvalue weighted by Gasteiger charge is 2.27. The Morgan fingerprint density at radius 1 is 0.964 bits per heavy atom. The molecule has 0 aromatic heterocycles. The van der Waals surface area contributed by atoms with Gasteiger partial charge in [0.2, 0.25) is 5.91 Å². The first-order valence-corrected chi connectivity index (χ1v) is 8.47. The minimum atomic E-state index is -0.697. The number of hydrogen-bond acceptors (Lipinski definition) is 7. The van der Waals surface area contributed by atoms with Gasteiger partial charge < -0.3 is 14.2 Å². The Bertz CT molecular complexity index is 939. The van der Waals surface area contributed by atoms with Crippen molar-refractivity contribution < 1.29 is 28.6 Å². The molecule has 0 saturated heterocycles. The third kappa shape index (κ3) is 4.01. The van der Waals surface area contributed by atoms with E-state index in [0.717, 1.165) is 0 Å². The number of ether oxygens (including phenoxy) is 3. The number of hydrogen-bond donors (Lipinski definition) is 0. The molecule has 3 rings (SSSR count). The first kappa shape index (κ1) is 19.1. The summed E-state index contributed by atoms with van der Waals surface area (Å²) in [5.74, 6) is -1.11. The number of para-hydroxylation sites is 1. The zero-order valence-electron chi connectivity index (χ0n) is 15.4. The predicted molar refractivity (Wildman–Crippen MR) is 101 cm³/mol. The number of anilines is 1. The largest absolute Gasteiger partial charge is 0.493 e. The van der Waals surface area contributed by atoms with E-state index >= 15 is 0 Å². The molecule has 144 valence electrons. The molecule has 0 radical (unpaired) electrons. The molecule has 1 heterocycles. The van der Waals surface area contributed by atoms with Gasteiger partial charge in [0.25, 0.3) is 0 Å². The van der Waals surface area contributed by atoms with Gasteiger partial charge in [0.1, 0.15) is 5.71 Å². The third-order valence-corrected chi connectivity index (χ3v) is 4.06. The lowest BCUT2D eigenvalue weighted by molar-refractivity contribution is -0.127. The number of carbonyl (C=O) groups excluding carboxylic acids is 3. The van der Waals surface area contributed by atoms with Crippen LogP contribution in [0.15, 0.2) is 53.6 Å². The summed E-state index contributed by atoms with van der Waals surface area (Å²) in [5, 5.41) is 5.35. The van der Waals surface area contributed by atoms with Crippen LogP contribution in [0.2, 0.25) is 0 Å². The van der Waals surface area contributed by atoms with Crippen molar-refractivity contribution in [1.29, 1.82) is 0 Å². The van der Waals surface area contributed by atoms with E-state index in [4.69, 9.17) is 9.47 Å². The van der Waals surface area contributed by atoms with Gasteiger partial charge in [-0.2, -0.15) is 5.10 Å². The van der Waals surface area contributed by atoms with Crippen LogP contribution in [0.1, 0.15) is 23.2 Å². The SMILES string of the molecule is COC(=O)c1ccc(OC(=O)C2=NN(c3ccccc3)C(=O)CC2)c(OC)c1. The molecular weight excluding hydrogens is 364 g/mol. The summed E-state index contributed by atoms with van der Waals surface area (Å²) < 4.78 is 15.2. The van der Waals surface area contributed by atoms with Crippen LogP contribution in [-0.4, -0.2) is 37.8 Å². The van der Waals surface area contributed by atoms with Crippen LogP contribution in [-0.2, 0) is 14.3 Å². The van der Waals surface area contributed by atoms with Crippen molar-refractivity contribution in [1.82, 2.24) is 0 Å². The number of benzene rings is 2. The van der Waals surface area contributed by atoms with Crippen LogP contribution in [0, 0.1) is 0 Å². The first-order chi connectivity index (χ1) is 13.5. The molecule has 0 fully saturated rings. The van der Waals surface area contributed by atoms with Crippen LogP contribution >= 0.6 is 0 Å². The Morgan fingerprint density at radius 3 is 2.39 bits per heavy atom. The van der Waals surface area contributed by atoms with Crippen LogP contribution in [0.4, 0.5) is 5.69 Å². The number of methoxy groups -OCH3 is 2. The van der Waals surface area contributed by atoms with Gasteiger partial charge in [-0.3, -0.25) is 4.79 Å². The lowest BCUT2D eigenvalue weighted by Gasteiger charge is -2.22. The van der Waals surface area contributed by atoms with Crippen LogP contribution in [0.3, 0.4) is 0 Å². The number of esters is 2. The topological polar surface area (TPSA) is 94.5 Å². The minimum Gasteiger partial charge on any atom is -0.493 e. The van der Waals surface area contributed by atoms with E-state index in [2.05, 4.69) is 9.84 Å². The van der Waals surface area contributed by atoms with Crippen molar-refractivity contribution in [2.75, 3.05) is 19.2 Å². The lowest BCUT2D eigenvalue weighted by Crippen LogP contribution is -2.35. The second kappa shape index (κ2) is 8.34. The molecule has 1 amide bonds. The fourth-order valence-corrected chi connectivity index (χ4v) is 2.63. The highest BCUT2D eigenvalue weighted by atomic mass is 16.6. The molecule has 0 atom stereocenters. The third-order valence-electron chi connectivity index (χ3n) is 4.06. The molecule has 8 heteroatoms. The highest BCUT2D eigenvalue weighted by Crippen LogP contribution is 2.29. The average molecular weight is 382 g/mol. The van der Waals surface area contributed by atoms with Gasteiger partial charge in [0, 0.05) is 12.8 Å². The molecule has 2 aromatic carbocycles. The number of hydrazone groups is 1. The molecule has 1 aliphatic rings. The Labute approximate surface area is 161 Å². The van der Waals surface area contributed by atoms with Gasteiger partial charge in [-0.25, -0.2) is 14.6 Å². The standard InChI is InChI=1S/C20H18N2O6/c1-26-17-12-13(19(24)27-2)8-10-16(17)28-20(25)15-9-11-18(23)22(21-15)14-6-4-3-5-7-14/h3-8,10,12H,9,11H2,1-2H3. The van der Waals surface area contributed by atoms with E-state index in [0.29, 0.717) is 5.69 Å². The molecule has 1 aliphatic heterocycles. The van der Waals surface area contributed by atoms with Gasteiger partial charge >= 0.3 is 11.9 Å². The number of carbonyl (C=O) groups is 3. The maximum Gasteiger partial charge on any atom is 0.360 e. The minimum absolute atomic E-state index is 0.113. The normalized spacial score (nSPS) is 13.6. The monoisotopic (exact) mass is 382 g/mol. The van der Waals surface area contributed by atoms with E-state index in [9.17, 15) is 14.4 Å². The van der Waals surface area contributed by atoms with E-state index in [1.54, 1.807) is 24.3 Å². The summed E-state index contributed by atoms with van der Waals surface area (Å²) in [6.07, 6.45) is 0.310. The van der Waals surface area contributed by atoms with Gasteiger partial charge in [-0.05, 0) is 30.3 Å². The fraction of sp³-hybridized carbons (Fsp3) is 0.200. The predicted octanol–water partition coefficient (Wildman–Crippen LogP) is 2.57. The summed E-state index contributed by atoms with van der Waals surface area (Å²) in [7, 11) is 2.66. The van der Waals surface area contributed by atoms with Crippen molar-refractivity contribution >= 4 is 29.2 Å². The van der Waals surface area contributed by atoms with E-state index in [1.807, 2.05) is 6.07 Å². The Kier molecular flexibility index (Phi) is 5.69. The van der Waals surface area contributed by atoms with Crippen molar-refractivity contribution in [2.24, 2.45) is 5.10 Å². The van der Waals surface area contributed by atoms with E-state index in [-0.39, 0.29) is 41.5 Å². The van der Waals surface area contributed by atoms with Crippen molar-refractivity contribution in [3.63, 3.8) is 0 Å². The van der Waals surface area contributed by atoms with Gasteiger partial charge in [-0.15, -0.1) is 0 Å².